The molecule has 1 aromatic carbocycles. The van der Waals surface area contributed by atoms with Crippen molar-refractivity contribution < 1.29 is 23.4 Å². The second-order valence-corrected chi connectivity index (χ2v) is 9.56. The number of rotatable bonds is 8. The van der Waals surface area contributed by atoms with Crippen LogP contribution in [0.3, 0.4) is 0 Å². The average molecular weight is 556 g/mol. The van der Waals surface area contributed by atoms with Crippen LogP contribution in [0.1, 0.15) is 36.6 Å². The van der Waals surface area contributed by atoms with E-state index in [0.717, 1.165) is 24.1 Å². The van der Waals surface area contributed by atoms with Crippen LogP contribution in [0.5, 0.6) is 11.6 Å². The van der Waals surface area contributed by atoms with Crippen molar-refractivity contribution in [1.29, 1.82) is 0 Å². The number of nitrogens with zero attached hydrogens (tertiary/aromatic N) is 4. The van der Waals surface area contributed by atoms with Gasteiger partial charge in [-0.05, 0) is 65.5 Å². The summed E-state index contributed by atoms with van der Waals surface area (Å²) in [5.74, 6) is -0.0502. The molecule has 0 amide bonds. The van der Waals surface area contributed by atoms with Crippen molar-refractivity contribution in [3.8, 4) is 11.6 Å². The summed E-state index contributed by atoms with van der Waals surface area (Å²) in [7, 11) is 0. The summed E-state index contributed by atoms with van der Waals surface area (Å²) in [5, 5.41) is 13.9. The highest BCUT2D eigenvalue weighted by Gasteiger charge is 2.33. The van der Waals surface area contributed by atoms with Gasteiger partial charge in [0, 0.05) is 16.3 Å². The molecule has 0 saturated heterocycles. The Balaban J connectivity index is 1.61. The molecule has 2 atom stereocenters. The maximum Gasteiger partial charge on any atom is 0.305 e. The second kappa shape index (κ2) is 10.2. The van der Waals surface area contributed by atoms with Gasteiger partial charge >= 0.3 is 5.97 Å². The molecule has 2 heterocycles. The Labute approximate surface area is 205 Å². The topological polar surface area (TPSA) is 118 Å². The van der Waals surface area contributed by atoms with Gasteiger partial charge < -0.3 is 9.84 Å². The number of anilines is 1. The first kappa shape index (κ1) is 23.7. The smallest absolute Gasteiger partial charge is 0.305 e. The summed E-state index contributed by atoms with van der Waals surface area (Å²) >= 11 is 7.01. The van der Waals surface area contributed by atoms with Crippen LogP contribution in [0.2, 0.25) is 5.02 Å². The van der Waals surface area contributed by atoms with Gasteiger partial charge in [0.25, 0.3) is 11.3 Å². The van der Waals surface area contributed by atoms with Crippen molar-refractivity contribution in [1.82, 2.24) is 14.8 Å². The molecule has 12 heteroatoms. The summed E-state index contributed by atoms with van der Waals surface area (Å²) in [4.78, 5) is 15.3. The van der Waals surface area contributed by atoms with Gasteiger partial charge in [-0.3, -0.25) is 18.3 Å². The molecule has 2 aromatic heterocycles. The Morgan fingerprint density at radius 2 is 2.09 bits per heavy atom. The van der Waals surface area contributed by atoms with Gasteiger partial charge in [-0.15, -0.1) is 0 Å². The standard InChI is InChI=1S/C21H20BrClN4O5S/c22-17-10-14(11-24-21(17)32-15-6-4-13(23)5-7-15)27(33(30)31)19-3-1-2-18-16(19)12-25-26(18)9-8-20(28)29/h4-7,10-12,19H,1-3,8-9H2,(H,28,29)(H,30,31). The monoisotopic (exact) mass is 554 g/mol. The number of aliphatic carboxylic acids is 1. The Hall–Kier alpha value is -2.47. The fraction of sp³-hybridized carbons (Fsp3) is 0.286. The average Bonchev–Trinajstić information content (AvgIpc) is 3.19. The fourth-order valence-corrected chi connectivity index (χ4v) is 5.10. The molecule has 0 spiro atoms. The summed E-state index contributed by atoms with van der Waals surface area (Å²) in [6.07, 6.45) is 5.24. The van der Waals surface area contributed by atoms with E-state index in [0.29, 0.717) is 33.2 Å². The highest BCUT2D eigenvalue weighted by molar-refractivity contribution is 9.10. The summed E-state index contributed by atoms with van der Waals surface area (Å²) in [6.45, 7) is 0.253. The summed E-state index contributed by atoms with van der Waals surface area (Å²) < 4.78 is 31.9. The third kappa shape index (κ3) is 5.37. The molecule has 1 aliphatic carbocycles. The lowest BCUT2D eigenvalue weighted by atomic mass is 9.92. The van der Waals surface area contributed by atoms with Crippen LogP contribution in [0.15, 0.2) is 47.2 Å². The van der Waals surface area contributed by atoms with Crippen molar-refractivity contribution in [3.63, 3.8) is 0 Å². The molecule has 174 valence electrons. The van der Waals surface area contributed by atoms with Crippen molar-refractivity contribution >= 4 is 50.5 Å². The lowest BCUT2D eigenvalue weighted by Crippen LogP contribution is -2.33. The highest BCUT2D eigenvalue weighted by atomic mass is 79.9. The number of aryl methyl sites for hydroxylation is 1. The van der Waals surface area contributed by atoms with Crippen LogP contribution in [0.4, 0.5) is 5.69 Å². The van der Waals surface area contributed by atoms with Gasteiger partial charge in [0.1, 0.15) is 5.75 Å². The molecule has 9 nitrogen and oxygen atoms in total. The van der Waals surface area contributed by atoms with Crippen molar-refractivity contribution in [2.75, 3.05) is 4.31 Å². The number of aromatic nitrogens is 3. The number of pyridine rings is 1. The Kier molecular flexibility index (Phi) is 7.32. The predicted molar refractivity (Wildman–Crippen MR) is 127 cm³/mol. The molecule has 4 rings (SSSR count). The number of halogens is 2. The van der Waals surface area contributed by atoms with E-state index in [1.54, 1.807) is 41.2 Å². The van der Waals surface area contributed by atoms with E-state index in [2.05, 4.69) is 26.0 Å². The van der Waals surface area contributed by atoms with E-state index in [9.17, 15) is 13.6 Å². The maximum atomic E-state index is 12.4. The first-order valence-corrected chi connectivity index (χ1v) is 12.3. The van der Waals surface area contributed by atoms with Gasteiger partial charge in [-0.25, -0.2) is 9.19 Å². The third-order valence-electron chi connectivity index (χ3n) is 5.30. The first-order valence-electron chi connectivity index (χ1n) is 10.1. The number of ether oxygens (including phenoxy) is 1. The molecule has 3 aromatic rings. The van der Waals surface area contributed by atoms with Gasteiger partial charge in [0.05, 0.1) is 41.6 Å². The van der Waals surface area contributed by atoms with Crippen LogP contribution in [0, 0.1) is 0 Å². The van der Waals surface area contributed by atoms with Crippen molar-refractivity contribution in [3.05, 3.63) is 63.5 Å². The molecule has 0 bridgehead atoms. The molecule has 0 aliphatic heterocycles. The van der Waals surface area contributed by atoms with Gasteiger partial charge in [0.15, 0.2) is 0 Å². The predicted octanol–water partition coefficient (Wildman–Crippen LogP) is 4.98. The minimum atomic E-state index is -2.33. The zero-order valence-electron chi connectivity index (χ0n) is 17.2. The minimum absolute atomic E-state index is 0.0413. The lowest BCUT2D eigenvalue weighted by molar-refractivity contribution is -0.137. The molecule has 0 saturated carbocycles. The van der Waals surface area contributed by atoms with Crippen molar-refractivity contribution in [2.45, 2.75) is 38.3 Å². The molecule has 33 heavy (non-hydrogen) atoms. The van der Waals surface area contributed by atoms with Crippen LogP contribution >= 0.6 is 27.5 Å². The Morgan fingerprint density at radius 1 is 1.33 bits per heavy atom. The first-order chi connectivity index (χ1) is 15.8. The fourth-order valence-electron chi connectivity index (χ4n) is 3.84. The molecule has 2 N–H and O–H groups in total. The van der Waals surface area contributed by atoms with E-state index in [1.165, 1.54) is 10.5 Å². The number of hydrogen-bond donors (Lipinski definition) is 2. The number of carbonyl (C=O) groups is 1. The lowest BCUT2D eigenvalue weighted by Gasteiger charge is -2.32. The van der Waals surface area contributed by atoms with Crippen molar-refractivity contribution in [2.24, 2.45) is 0 Å². The molecule has 1 aliphatic rings. The molecule has 2 unspecified atom stereocenters. The van der Waals surface area contributed by atoms with E-state index < -0.39 is 23.3 Å². The maximum absolute atomic E-state index is 12.4. The third-order valence-corrected chi connectivity index (χ3v) is 6.92. The van der Waals surface area contributed by atoms with E-state index >= 15 is 0 Å². The molecular formula is C21H20BrClN4O5S. The second-order valence-electron chi connectivity index (χ2n) is 7.41. The van der Waals surface area contributed by atoms with E-state index in [4.69, 9.17) is 21.4 Å². The zero-order valence-corrected chi connectivity index (χ0v) is 20.4. The normalized spacial score (nSPS) is 16.2. The number of carboxylic acid groups (broad SMARTS) is 1. The molecule has 0 radical (unpaired) electrons. The number of carboxylic acids is 1. The SMILES string of the molecule is O=C(O)CCn1ncc2c1CCCC2N(c1cnc(Oc2ccc(Cl)cc2)c(Br)c1)S(=O)O. The van der Waals surface area contributed by atoms with Crippen LogP contribution < -0.4 is 9.04 Å². The minimum Gasteiger partial charge on any atom is -0.481 e. The quantitative estimate of drug-likeness (QED) is 0.376. The van der Waals surface area contributed by atoms with Gasteiger partial charge in [-0.2, -0.15) is 5.10 Å². The highest BCUT2D eigenvalue weighted by Crippen LogP contribution is 2.40. The number of fused-ring (bicyclic) bond motifs is 1. The molecular weight excluding hydrogens is 536 g/mol. The Morgan fingerprint density at radius 3 is 2.76 bits per heavy atom. The number of hydrogen-bond acceptors (Lipinski definition) is 5. The Bertz CT molecular complexity index is 1190. The van der Waals surface area contributed by atoms with Crippen LogP contribution in [0.25, 0.3) is 0 Å². The van der Waals surface area contributed by atoms with Gasteiger partial charge in [0.2, 0.25) is 5.88 Å². The van der Waals surface area contributed by atoms with Crippen LogP contribution in [-0.2, 0) is 29.0 Å². The van der Waals surface area contributed by atoms with E-state index in [-0.39, 0.29) is 13.0 Å². The summed E-state index contributed by atoms with van der Waals surface area (Å²) in [5.41, 5.74) is 2.13. The van der Waals surface area contributed by atoms with Crippen LogP contribution in [-0.4, -0.2) is 34.6 Å². The zero-order chi connectivity index (χ0) is 23.5. The van der Waals surface area contributed by atoms with Gasteiger partial charge in [-0.1, -0.05) is 11.6 Å². The number of benzene rings is 1. The molecule has 0 fully saturated rings. The van der Waals surface area contributed by atoms with E-state index in [1.807, 2.05) is 0 Å². The summed E-state index contributed by atoms with van der Waals surface area (Å²) in [6, 6.07) is 8.10. The largest absolute Gasteiger partial charge is 0.481 e.